The van der Waals surface area contributed by atoms with Crippen LogP contribution < -0.4 is 10.4 Å². The number of benzene rings is 1. The summed E-state index contributed by atoms with van der Waals surface area (Å²) in [6, 6.07) is 10.9. The normalized spacial score (nSPS) is 14.6. The first-order valence-electron chi connectivity index (χ1n) is 11.1. The fraction of sp³-hybridized carbons (Fsp3) is 0.542. The van der Waals surface area contributed by atoms with Gasteiger partial charge in [-0.2, -0.15) is 0 Å². The quantitative estimate of drug-likeness (QED) is 0.559. The summed E-state index contributed by atoms with van der Waals surface area (Å²) < 4.78 is 1.32. The molecule has 30 heavy (non-hydrogen) atoms. The highest BCUT2D eigenvalue weighted by molar-refractivity contribution is 5.84. The van der Waals surface area contributed by atoms with Gasteiger partial charge in [-0.3, -0.25) is 14.4 Å². The number of hydrogen-bond acceptors (Lipinski definition) is 4. The minimum Gasteiger partial charge on any atom is -0.410 e. The third kappa shape index (κ3) is 6.18. The molecule has 1 amide bonds. The van der Waals surface area contributed by atoms with Crippen molar-refractivity contribution in [1.82, 2.24) is 9.63 Å². The monoisotopic (exact) mass is 412 g/mol. The van der Waals surface area contributed by atoms with Crippen molar-refractivity contribution in [3.63, 3.8) is 0 Å². The molecule has 1 heterocycles. The summed E-state index contributed by atoms with van der Waals surface area (Å²) in [5, 5.41) is 0.940. The Kier molecular flexibility index (Phi) is 8.05. The van der Waals surface area contributed by atoms with Crippen LogP contribution in [-0.2, 0) is 9.59 Å². The second-order valence-electron chi connectivity index (χ2n) is 8.30. The fourth-order valence-electron chi connectivity index (χ4n) is 4.19. The van der Waals surface area contributed by atoms with Crippen LogP contribution in [0.1, 0.15) is 58.3 Å². The summed E-state index contributed by atoms with van der Waals surface area (Å²) in [5.74, 6) is 0.583. The van der Waals surface area contributed by atoms with E-state index < -0.39 is 0 Å². The Bertz CT molecular complexity index is 915. The number of pyridine rings is 1. The minimum atomic E-state index is -0.204. The number of fused-ring (bicyclic) bond motifs is 1. The lowest BCUT2D eigenvalue weighted by molar-refractivity contribution is -0.135. The van der Waals surface area contributed by atoms with Crippen molar-refractivity contribution < 1.29 is 14.4 Å². The fourth-order valence-corrected chi connectivity index (χ4v) is 4.19. The van der Waals surface area contributed by atoms with E-state index in [1.54, 1.807) is 11.0 Å². The summed E-state index contributed by atoms with van der Waals surface area (Å²) in [6.07, 6.45) is 7.74. The Labute approximate surface area is 177 Å². The highest BCUT2D eigenvalue weighted by Gasteiger charge is 2.21. The molecule has 1 aromatic heterocycles. The summed E-state index contributed by atoms with van der Waals surface area (Å²) in [7, 11) is 0. The molecule has 0 spiro atoms. The first-order valence-corrected chi connectivity index (χ1v) is 11.1. The zero-order chi connectivity index (χ0) is 21.3. The number of carbonyl (C=O) groups is 2. The van der Waals surface area contributed by atoms with Gasteiger partial charge < -0.3 is 9.74 Å². The van der Waals surface area contributed by atoms with Crippen molar-refractivity contribution in [2.24, 2.45) is 5.92 Å². The Morgan fingerprint density at radius 2 is 1.83 bits per heavy atom. The number of amides is 1. The Morgan fingerprint density at radius 3 is 2.60 bits per heavy atom. The molecule has 1 aliphatic rings. The third-order valence-electron chi connectivity index (χ3n) is 5.74. The van der Waals surface area contributed by atoms with Crippen LogP contribution in [0.2, 0.25) is 0 Å². The molecule has 1 aromatic carbocycles. The molecule has 162 valence electrons. The van der Waals surface area contributed by atoms with Gasteiger partial charge in [0.25, 0.3) is 5.56 Å². The van der Waals surface area contributed by atoms with E-state index in [2.05, 4.69) is 0 Å². The number of aromatic nitrogens is 1. The lowest BCUT2D eigenvalue weighted by Crippen LogP contribution is -2.39. The van der Waals surface area contributed by atoms with Gasteiger partial charge in [-0.25, -0.2) is 0 Å². The SMILES string of the molecule is CC(=O)CN(CC1CCCCC1)C(=O)CCCCOn1c(=O)ccc2ccccc21. The number of carbonyl (C=O) groups excluding carboxylic acids is 2. The maximum absolute atomic E-state index is 12.7. The largest absolute Gasteiger partial charge is 0.410 e. The summed E-state index contributed by atoms with van der Waals surface area (Å²) >= 11 is 0. The molecule has 1 aliphatic carbocycles. The van der Waals surface area contributed by atoms with Crippen molar-refractivity contribution >= 4 is 22.6 Å². The van der Waals surface area contributed by atoms with Crippen molar-refractivity contribution in [2.75, 3.05) is 19.7 Å². The van der Waals surface area contributed by atoms with Crippen LogP contribution >= 0.6 is 0 Å². The Balaban J connectivity index is 1.47. The van der Waals surface area contributed by atoms with Gasteiger partial charge in [0.2, 0.25) is 5.91 Å². The van der Waals surface area contributed by atoms with E-state index >= 15 is 0 Å². The number of hydrogen-bond donors (Lipinski definition) is 0. The van der Waals surface area contributed by atoms with E-state index in [0.29, 0.717) is 38.3 Å². The lowest BCUT2D eigenvalue weighted by Gasteiger charge is -2.29. The number of nitrogens with zero attached hydrogens (tertiary/aromatic N) is 2. The molecule has 0 radical (unpaired) electrons. The van der Waals surface area contributed by atoms with Crippen LogP contribution in [0.25, 0.3) is 10.9 Å². The molecule has 0 aliphatic heterocycles. The number of ketones is 1. The zero-order valence-corrected chi connectivity index (χ0v) is 17.8. The molecule has 6 heteroatoms. The highest BCUT2D eigenvalue weighted by Crippen LogP contribution is 2.24. The van der Waals surface area contributed by atoms with Gasteiger partial charge in [-0.15, -0.1) is 4.73 Å². The Morgan fingerprint density at radius 1 is 1.07 bits per heavy atom. The predicted molar refractivity (Wildman–Crippen MR) is 117 cm³/mol. The topological polar surface area (TPSA) is 68.6 Å². The minimum absolute atomic E-state index is 0.0258. The molecule has 0 bridgehead atoms. The first kappa shape index (κ1) is 22.1. The third-order valence-corrected chi connectivity index (χ3v) is 5.74. The average Bonchev–Trinajstić information content (AvgIpc) is 2.74. The van der Waals surface area contributed by atoms with Gasteiger partial charge in [-0.05, 0) is 50.7 Å². The van der Waals surface area contributed by atoms with Crippen LogP contribution in [0, 0.1) is 5.92 Å². The lowest BCUT2D eigenvalue weighted by atomic mass is 9.89. The van der Waals surface area contributed by atoms with E-state index in [-0.39, 0.29) is 23.8 Å². The maximum atomic E-state index is 12.7. The van der Waals surface area contributed by atoms with Crippen LogP contribution in [0.3, 0.4) is 0 Å². The van der Waals surface area contributed by atoms with Crippen molar-refractivity contribution in [2.45, 2.75) is 58.3 Å². The standard InChI is InChI=1S/C24H32N2O4/c1-19(27)17-25(18-20-9-3-2-4-10-20)23(28)13-7-8-16-30-26-22-12-6-5-11-21(22)14-15-24(26)29/h5-6,11-12,14-15,20H,2-4,7-10,13,16-18H2,1H3. The molecule has 2 aromatic rings. The molecular weight excluding hydrogens is 380 g/mol. The molecule has 1 fully saturated rings. The number of para-hydroxylation sites is 1. The van der Waals surface area contributed by atoms with E-state index in [0.717, 1.165) is 23.7 Å². The van der Waals surface area contributed by atoms with Gasteiger partial charge in [0.1, 0.15) is 12.4 Å². The van der Waals surface area contributed by atoms with E-state index in [4.69, 9.17) is 4.84 Å². The zero-order valence-electron chi connectivity index (χ0n) is 17.8. The summed E-state index contributed by atoms with van der Waals surface area (Å²) in [4.78, 5) is 43.9. The van der Waals surface area contributed by atoms with Gasteiger partial charge >= 0.3 is 0 Å². The van der Waals surface area contributed by atoms with Crippen LogP contribution in [-0.4, -0.2) is 41.0 Å². The molecule has 0 N–H and O–H groups in total. The van der Waals surface area contributed by atoms with Gasteiger partial charge in [0.05, 0.1) is 12.1 Å². The number of unbranched alkanes of at least 4 members (excludes halogenated alkanes) is 1. The van der Waals surface area contributed by atoms with Crippen LogP contribution in [0.5, 0.6) is 0 Å². The van der Waals surface area contributed by atoms with Crippen molar-refractivity contribution in [3.8, 4) is 0 Å². The predicted octanol–water partition coefficient (Wildman–Crippen LogP) is 3.60. The maximum Gasteiger partial charge on any atom is 0.283 e. The second kappa shape index (κ2) is 11.0. The van der Waals surface area contributed by atoms with Crippen molar-refractivity contribution in [1.29, 1.82) is 0 Å². The molecule has 0 atom stereocenters. The molecule has 1 saturated carbocycles. The smallest absolute Gasteiger partial charge is 0.283 e. The number of Topliss-reactive ketones (excluding diaryl/α,β-unsaturated/α-hetero) is 1. The summed E-state index contributed by atoms with van der Waals surface area (Å²) in [6.45, 7) is 2.80. The van der Waals surface area contributed by atoms with Gasteiger partial charge in [0.15, 0.2) is 0 Å². The highest BCUT2D eigenvalue weighted by atomic mass is 16.7. The molecule has 0 unspecified atom stereocenters. The van der Waals surface area contributed by atoms with E-state index in [9.17, 15) is 14.4 Å². The van der Waals surface area contributed by atoms with E-state index in [1.165, 1.54) is 37.0 Å². The second-order valence-corrected chi connectivity index (χ2v) is 8.30. The van der Waals surface area contributed by atoms with Crippen LogP contribution in [0.4, 0.5) is 0 Å². The number of rotatable bonds is 10. The van der Waals surface area contributed by atoms with Crippen LogP contribution in [0.15, 0.2) is 41.2 Å². The molecular formula is C24H32N2O4. The molecule has 6 nitrogen and oxygen atoms in total. The van der Waals surface area contributed by atoms with Gasteiger partial charge in [0, 0.05) is 24.4 Å². The van der Waals surface area contributed by atoms with E-state index in [1.807, 2.05) is 24.3 Å². The van der Waals surface area contributed by atoms with Crippen molar-refractivity contribution in [3.05, 3.63) is 46.8 Å². The average molecular weight is 413 g/mol. The summed E-state index contributed by atoms with van der Waals surface area (Å²) in [5.41, 5.74) is 0.533. The molecule has 0 saturated heterocycles. The molecule has 3 rings (SSSR count). The Hall–Kier alpha value is -2.63. The first-order chi connectivity index (χ1) is 14.5. The van der Waals surface area contributed by atoms with Gasteiger partial charge in [-0.1, -0.05) is 37.5 Å².